The lowest BCUT2D eigenvalue weighted by Gasteiger charge is -2.18. The minimum Gasteiger partial charge on any atom is -0.383 e. The molecule has 0 bridgehead atoms. The molecule has 3 heteroatoms. The molecule has 1 unspecified atom stereocenters. The van der Waals surface area contributed by atoms with E-state index in [0.717, 1.165) is 52.2 Å². The van der Waals surface area contributed by atoms with Gasteiger partial charge in [-0.25, -0.2) is 0 Å². The Kier molecular flexibility index (Phi) is 10.2. The lowest BCUT2D eigenvalue weighted by Crippen LogP contribution is -2.28. The van der Waals surface area contributed by atoms with Crippen LogP contribution in [0.25, 0.3) is 0 Å². The van der Waals surface area contributed by atoms with Crippen LogP contribution >= 0.6 is 0 Å². The van der Waals surface area contributed by atoms with E-state index in [2.05, 4.69) is 42.6 Å². The Bertz CT molecular complexity index is 304. The predicted octanol–water partition coefficient (Wildman–Crippen LogP) is 2.90. The first-order valence-electron chi connectivity index (χ1n) is 7.68. The van der Waals surface area contributed by atoms with E-state index in [1.165, 1.54) is 5.56 Å². The van der Waals surface area contributed by atoms with E-state index < -0.39 is 0 Å². The molecule has 1 aromatic rings. The van der Waals surface area contributed by atoms with E-state index in [9.17, 15) is 0 Å². The van der Waals surface area contributed by atoms with Crippen molar-refractivity contribution < 1.29 is 9.47 Å². The van der Waals surface area contributed by atoms with E-state index in [4.69, 9.17) is 9.47 Å². The molecule has 1 atom stereocenters. The third-order valence-electron chi connectivity index (χ3n) is 3.30. The Morgan fingerprint density at radius 2 is 1.90 bits per heavy atom. The van der Waals surface area contributed by atoms with Crippen molar-refractivity contribution in [1.29, 1.82) is 0 Å². The van der Waals surface area contributed by atoms with Crippen LogP contribution in [0.3, 0.4) is 0 Å². The number of hydrogen-bond donors (Lipinski definition) is 1. The first kappa shape index (κ1) is 17.2. The molecule has 0 aromatic heterocycles. The van der Waals surface area contributed by atoms with Crippen molar-refractivity contribution in [2.45, 2.75) is 26.2 Å². The molecule has 0 heterocycles. The standard InChI is InChI=1S/C17H29NO2/c1-3-11-20-12-9-17(15-18-10-13-19-2)14-16-7-5-4-6-8-16/h4-8,17-18H,3,9-15H2,1-2H3. The second-order valence-corrected chi connectivity index (χ2v) is 5.15. The highest BCUT2D eigenvalue weighted by Crippen LogP contribution is 2.12. The van der Waals surface area contributed by atoms with Gasteiger partial charge in [0.2, 0.25) is 0 Å². The summed E-state index contributed by atoms with van der Waals surface area (Å²) in [4.78, 5) is 0. The molecular weight excluding hydrogens is 250 g/mol. The molecule has 1 N–H and O–H groups in total. The zero-order chi connectivity index (χ0) is 14.5. The van der Waals surface area contributed by atoms with E-state index in [0.29, 0.717) is 5.92 Å². The largest absolute Gasteiger partial charge is 0.383 e. The van der Waals surface area contributed by atoms with Gasteiger partial charge in [-0.1, -0.05) is 37.3 Å². The van der Waals surface area contributed by atoms with Crippen LogP contribution in [0.1, 0.15) is 25.3 Å². The van der Waals surface area contributed by atoms with Crippen LogP contribution in [-0.2, 0) is 15.9 Å². The number of nitrogens with one attached hydrogen (secondary N) is 1. The van der Waals surface area contributed by atoms with Crippen LogP contribution in [0.5, 0.6) is 0 Å². The second-order valence-electron chi connectivity index (χ2n) is 5.15. The number of rotatable bonds is 12. The molecule has 114 valence electrons. The van der Waals surface area contributed by atoms with Crippen molar-refractivity contribution >= 4 is 0 Å². The van der Waals surface area contributed by atoms with E-state index in [1.54, 1.807) is 7.11 Å². The van der Waals surface area contributed by atoms with Crippen molar-refractivity contribution in [3.8, 4) is 0 Å². The van der Waals surface area contributed by atoms with Gasteiger partial charge in [0, 0.05) is 26.9 Å². The highest BCUT2D eigenvalue weighted by Gasteiger charge is 2.09. The van der Waals surface area contributed by atoms with Crippen molar-refractivity contribution in [2.24, 2.45) is 5.92 Å². The fourth-order valence-electron chi connectivity index (χ4n) is 2.20. The summed E-state index contributed by atoms with van der Waals surface area (Å²) >= 11 is 0. The third-order valence-corrected chi connectivity index (χ3v) is 3.30. The van der Waals surface area contributed by atoms with Gasteiger partial charge >= 0.3 is 0 Å². The van der Waals surface area contributed by atoms with Gasteiger partial charge in [0.25, 0.3) is 0 Å². The number of benzene rings is 1. The van der Waals surface area contributed by atoms with Crippen LogP contribution in [0.2, 0.25) is 0 Å². The summed E-state index contributed by atoms with van der Waals surface area (Å²) < 4.78 is 10.7. The molecule has 0 saturated heterocycles. The zero-order valence-electron chi connectivity index (χ0n) is 12.9. The molecule has 0 spiro atoms. The summed E-state index contributed by atoms with van der Waals surface area (Å²) in [6.07, 6.45) is 3.31. The minimum absolute atomic E-state index is 0.617. The summed E-state index contributed by atoms with van der Waals surface area (Å²) in [6.45, 7) is 6.58. The maximum Gasteiger partial charge on any atom is 0.0587 e. The SMILES string of the molecule is CCCOCCC(CNCCOC)Cc1ccccc1. The lowest BCUT2D eigenvalue weighted by molar-refractivity contribution is 0.119. The van der Waals surface area contributed by atoms with Gasteiger partial charge in [-0.05, 0) is 37.3 Å². The number of ether oxygens (including phenoxy) is 2. The van der Waals surface area contributed by atoms with Crippen molar-refractivity contribution in [2.75, 3.05) is 40.0 Å². The smallest absolute Gasteiger partial charge is 0.0587 e. The molecule has 0 aliphatic heterocycles. The molecule has 20 heavy (non-hydrogen) atoms. The Morgan fingerprint density at radius 3 is 2.60 bits per heavy atom. The van der Waals surface area contributed by atoms with Gasteiger partial charge in [0.05, 0.1) is 6.61 Å². The van der Waals surface area contributed by atoms with Gasteiger partial charge in [-0.15, -0.1) is 0 Å². The van der Waals surface area contributed by atoms with Crippen molar-refractivity contribution in [1.82, 2.24) is 5.32 Å². The number of methoxy groups -OCH3 is 1. The van der Waals surface area contributed by atoms with Crippen molar-refractivity contribution in [3.63, 3.8) is 0 Å². The molecule has 1 rings (SSSR count). The molecule has 0 aliphatic rings. The quantitative estimate of drug-likeness (QED) is 0.597. The molecule has 0 aliphatic carbocycles. The second kappa shape index (κ2) is 11.9. The van der Waals surface area contributed by atoms with E-state index in [1.807, 2.05) is 0 Å². The summed E-state index contributed by atoms with van der Waals surface area (Å²) in [5.74, 6) is 0.617. The molecule has 0 fully saturated rings. The Balaban J connectivity index is 2.33. The van der Waals surface area contributed by atoms with Gasteiger partial charge in [-0.3, -0.25) is 0 Å². The van der Waals surface area contributed by atoms with Crippen molar-refractivity contribution in [3.05, 3.63) is 35.9 Å². The highest BCUT2D eigenvalue weighted by atomic mass is 16.5. The summed E-state index contributed by atoms with van der Waals surface area (Å²) in [7, 11) is 1.74. The maximum absolute atomic E-state index is 5.63. The summed E-state index contributed by atoms with van der Waals surface area (Å²) in [5.41, 5.74) is 1.40. The molecule has 0 amide bonds. The summed E-state index contributed by atoms with van der Waals surface area (Å²) in [6, 6.07) is 10.7. The van der Waals surface area contributed by atoms with Gasteiger partial charge in [0.1, 0.15) is 0 Å². The molecule has 3 nitrogen and oxygen atoms in total. The minimum atomic E-state index is 0.617. The van der Waals surface area contributed by atoms with Gasteiger partial charge in [0.15, 0.2) is 0 Å². The Labute approximate surface area is 123 Å². The van der Waals surface area contributed by atoms with Gasteiger partial charge in [-0.2, -0.15) is 0 Å². The zero-order valence-corrected chi connectivity index (χ0v) is 12.9. The lowest BCUT2D eigenvalue weighted by atomic mass is 9.96. The van der Waals surface area contributed by atoms with E-state index >= 15 is 0 Å². The maximum atomic E-state index is 5.63. The summed E-state index contributed by atoms with van der Waals surface area (Å²) in [5, 5.41) is 3.47. The molecular formula is C17H29NO2. The fourth-order valence-corrected chi connectivity index (χ4v) is 2.20. The van der Waals surface area contributed by atoms with Crippen LogP contribution in [-0.4, -0.2) is 40.0 Å². The van der Waals surface area contributed by atoms with Crippen LogP contribution < -0.4 is 5.32 Å². The number of hydrogen-bond acceptors (Lipinski definition) is 3. The third kappa shape index (κ3) is 8.31. The van der Waals surface area contributed by atoms with Crippen LogP contribution in [0.15, 0.2) is 30.3 Å². The van der Waals surface area contributed by atoms with Gasteiger partial charge < -0.3 is 14.8 Å². The average molecular weight is 279 g/mol. The fraction of sp³-hybridized carbons (Fsp3) is 0.647. The average Bonchev–Trinajstić information content (AvgIpc) is 2.49. The predicted molar refractivity (Wildman–Crippen MR) is 84.1 cm³/mol. The van der Waals surface area contributed by atoms with Crippen LogP contribution in [0.4, 0.5) is 0 Å². The normalized spacial score (nSPS) is 12.5. The monoisotopic (exact) mass is 279 g/mol. The molecule has 0 saturated carbocycles. The first-order valence-corrected chi connectivity index (χ1v) is 7.68. The van der Waals surface area contributed by atoms with Crippen LogP contribution in [0, 0.1) is 5.92 Å². The Morgan fingerprint density at radius 1 is 1.10 bits per heavy atom. The molecule has 0 radical (unpaired) electrons. The highest BCUT2D eigenvalue weighted by molar-refractivity contribution is 5.15. The first-order chi connectivity index (χ1) is 9.86. The van der Waals surface area contributed by atoms with E-state index in [-0.39, 0.29) is 0 Å². The molecule has 1 aromatic carbocycles. The Hall–Kier alpha value is -0.900. The topological polar surface area (TPSA) is 30.5 Å².